The van der Waals surface area contributed by atoms with Crippen LogP contribution in [-0.2, 0) is 0 Å². The lowest BCUT2D eigenvalue weighted by molar-refractivity contribution is 0.667. The maximum absolute atomic E-state index is 6.22. The van der Waals surface area contributed by atoms with Crippen molar-refractivity contribution in [1.29, 1.82) is 0 Å². The van der Waals surface area contributed by atoms with Crippen LogP contribution in [0.1, 0.15) is 0 Å². The van der Waals surface area contributed by atoms with Gasteiger partial charge in [-0.1, -0.05) is 109 Å². The molecule has 0 saturated carbocycles. The fourth-order valence-electron chi connectivity index (χ4n) is 5.93. The van der Waals surface area contributed by atoms with E-state index in [0.29, 0.717) is 0 Å². The van der Waals surface area contributed by atoms with Crippen LogP contribution in [0.5, 0.6) is 0 Å². The minimum Gasteiger partial charge on any atom is -0.454 e. The molecular formula is C41H28N2O. The molecule has 3 nitrogen and oxygen atoms in total. The van der Waals surface area contributed by atoms with E-state index in [0.717, 1.165) is 39.0 Å². The summed E-state index contributed by atoms with van der Waals surface area (Å²) < 4.78 is 6.22. The Morgan fingerprint density at radius 1 is 0.386 bits per heavy atom. The lowest BCUT2D eigenvalue weighted by Gasteiger charge is -2.26. The molecule has 0 aliphatic carbocycles. The van der Waals surface area contributed by atoms with Crippen LogP contribution in [-0.4, -0.2) is 4.98 Å². The van der Waals surface area contributed by atoms with E-state index in [9.17, 15) is 0 Å². The fraction of sp³-hybridized carbons (Fsp3) is 0. The minimum absolute atomic E-state index is 0.793. The Balaban J connectivity index is 1.18. The lowest BCUT2D eigenvalue weighted by Crippen LogP contribution is -2.09. The summed E-state index contributed by atoms with van der Waals surface area (Å²) in [7, 11) is 0. The highest BCUT2D eigenvalue weighted by Gasteiger charge is 2.16. The average Bonchev–Trinajstić information content (AvgIpc) is 3.48. The third kappa shape index (κ3) is 4.81. The smallest absolute Gasteiger partial charge is 0.153 e. The predicted octanol–water partition coefficient (Wildman–Crippen LogP) is 11.5. The topological polar surface area (TPSA) is 29.3 Å². The average molecular weight is 565 g/mol. The number of benzene rings is 6. The van der Waals surface area contributed by atoms with Crippen molar-refractivity contribution >= 4 is 39.0 Å². The molecule has 0 saturated heterocycles. The molecule has 208 valence electrons. The van der Waals surface area contributed by atoms with Crippen molar-refractivity contribution in [2.24, 2.45) is 0 Å². The first-order valence-corrected chi connectivity index (χ1v) is 14.8. The van der Waals surface area contributed by atoms with Crippen LogP contribution in [0.3, 0.4) is 0 Å². The third-order valence-electron chi connectivity index (χ3n) is 8.20. The summed E-state index contributed by atoms with van der Waals surface area (Å²) in [5.74, 6) is 0. The summed E-state index contributed by atoms with van der Waals surface area (Å²) in [4.78, 5) is 6.52. The zero-order chi connectivity index (χ0) is 29.3. The van der Waals surface area contributed by atoms with Crippen molar-refractivity contribution in [3.8, 4) is 33.4 Å². The molecule has 8 aromatic rings. The number of pyridine rings is 1. The molecule has 0 N–H and O–H groups in total. The molecule has 0 aliphatic rings. The van der Waals surface area contributed by atoms with E-state index >= 15 is 0 Å². The molecule has 2 aromatic heterocycles. The number of hydrogen-bond acceptors (Lipinski definition) is 3. The summed E-state index contributed by atoms with van der Waals surface area (Å²) in [5.41, 5.74) is 12.0. The molecule has 2 heterocycles. The number of anilines is 3. The number of rotatable bonds is 6. The van der Waals surface area contributed by atoms with Gasteiger partial charge in [0.05, 0.1) is 6.20 Å². The van der Waals surface area contributed by atoms with Gasteiger partial charge in [-0.2, -0.15) is 0 Å². The summed E-state index contributed by atoms with van der Waals surface area (Å²) in [6.45, 7) is 0. The van der Waals surface area contributed by atoms with E-state index < -0.39 is 0 Å². The zero-order valence-electron chi connectivity index (χ0n) is 24.0. The highest BCUT2D eigenvalue weighted by Crippen LogP contribution is 2.39. The number of nitrogens with zero attached hydrogens (tertiary/aromatic N) is 2. The molecule has 8 rings (SSSR count). The molecule has 0 unspecified atom stereocenters. The Morgan fingerprint density at radius 2 is 0.818 bits per heavy atom. The van der Waals surface area contributed by atoms with E-state index in [4.69, 9.17) is 4.42 Å². The molecule has 0 fully saturated rings. The first-order valence-electron chi connectivity index (χ1n) is 14.8. The first-order chi connectivity index (χ1) is 21.8. The van der Waals surface area contributed by atoms with E-state index in [1.165, 1.54) is 33.4 Å². The van der Waals surface area contributed by atoms with Gasteiger partial charge >= 0.3 is 0 Å². The van der Waals surface area contributed by atoms with Crippen LogP contribution in [0.25, 0.3) is 55.3 Å². The van der Waals surface area contributed by atoms with E-state index in [1.807, 2.05) is 24.4 Å². The molecular weight excluding hydrogens is 536 g/mol. The van der Waals surface area contributed by atoms with Gasteiger partial charge in [-0.15, -0.1) is 0 Å². The Hall–Kier alpha value is -5.93. The highest BCUT2D eigenvalue weighted by molar-refractivity contribution is 6.05. The zero-order valence-corrected chi connectivity index (χ0v) is 24.0. The van der Waals surface area contributed by atoms with Crippen LogP contribution in [0, 0.1) is 0 Å². The summed E-state index contributed by atoms with van der Waals surface area (Å²) in [5, 5.41) is 2.16. The van der Waals surface area contributed by atoms with Crippen molar-refractivity contribution in [2.75, 3.05) is 4.90 Å². The maximum atomic E-state index is 6.22. The van der Waals surface area contributed by atoms with Crippen molar-refractivity contribution in [2.45, 2.75) is 0 Å². The van der Waals surface area contributed by atoms with E-state index in [-0.39, 0.29) is 0 Å². The molecule has 0 amide bonds. The standard InChI is InChI=1S/C41H28N2O/c1-3-7-29(8-4-1)31-11-13-32(14-12-31)34-17-21-36(22-18-34)43(35-19-15-33(16-20-35)30-9-5-2-6-10-30)37-23-24-38-39-25-26-42-28-41(39)44-40(38)27-37/h1-28H. The Labute approximate surface area is 256 Å². The molecule has 0 radical (unpaired) electrons. The summed E-state index contributed by atoms with van der Waals surface area (Å²) in [6, 6.07) is 55.7. The fourth-order valence-corrected chi connectivity index (χ4v) is 5.93. The van der Waals surface area contributed by atoms with Gasteiger partial charge in [0.25, 0.3) is 0 Å². The predicted molar refractivity (Wildman–Crippen MR) is 183 cm³/mol. The van der Waals surface area contributed by atoms with E-state index in [2.05, 4.69) is 149 Å². The van der Waals surface area contributed by atoms with Gasteiger partial charge in [-0.25, -0.2) is 0 Å². The monoisotopic (exact) mass is 564 g/mol. The quantitative estimate of drug-likeness (QED) is 0.201. The van der Waals surface area contributed by atoms with Crippen molar-refractivity contribution < 1.29 is 4.42 Å². The largest absolute Gasteiger partial charge is 0.454 e. The molecule has 3 heteroatoms. The number of hydrogen-bond donors (Lipinski definition) is 0. The van der Waals surface area contributed by atoms with Gasteiger partial charge in [0.15, 0.2) is 5.58 Å². The molecule has 0 aliphatic heterocycles. The second kappa shape index (κ2) is 11.0. The first kappa shape index (κ1) is 25.8. The Morgan fingerprint density at radius 3 is 1.34 bits per heavy atom. The minimum atomic E-state index is 0.793. The maximum Gasteiger partial charge on any atom is 0.153 e. The lowest BCUT2D eigenvalue weighted by atomic mass is 10.00. The molecule has 0 spiro atoms. The van der Waals surface area contributed by atoms with Crippen LogP contribution in [0.15, 0.2) is 175 Å². The highest BCUT2D eigenvalue weighted by atomic mass is 16.3. The third-order valence-corrected chi connectivity index (χ3v) is 8.20. The van der Waals surface area contributed by atoms with Crippen LogP contribution in [0.2, 0.25) is 0 Å². The molecule has 6 aromatic carbocycles. The van der Waals surface area contributed by atoms with Crippen LogP contribution in [0.4, 0.5) is 17.1 Å². The van der Waals surface area contributed by atoms with Gasteiger partial charge in [0, 0.05) is 40.1 Å². The van der Waals surface area contributed by atoms with Crippen molar-refractivity contribution in [1.82, 2.24) is 4.98 Å². The molecule has 44 heavy (non-hydrogen) atoms. The SMILES string of the molecule is c1ccc(-c2ccc(-c3ccc(N(c4ccc(-c5ccccc5)cc4)c4ccc5c(c4)oc4cnccc45)cc3)cc2)cc1. The number of aromatic nitrogens is 1. The van der Waals surface area contributed by atoms with Gasteiger partial charge in [-0.3, -0.25) is 4.98 Å². The van der Waals surface area contributed by atoms with Crippen LogP contribution < -0.4 is 4.90 Å². The Kier molecular flexibility index (Phi) is 6.47. The van der Waals surface area contributed by atoms with Gasteiger partial charge in [-0.05, 0) is 75.8 Å². The molecule has 0 atom stereocenters. The second-order valence-electron chi connectivity index (χ2n) is 10.9. The summed E-state index contributed by atoms with van der Waals surface area (Å²) in [6.07, 6.45) is 3.59. The van der Waals surface area contributed by atoms with Crippen LogP contribution >= 0.6 is 0 Å². The van der Waals surface area contributed by atoms with Gasteiger partial charge in [0.1, 0.15) is 5.58 Å². The number of fused-ring (bicyclic) bond motifs is 3. The molecule has 0 bridgehead atoms. The van der Waals surface area contributed by atoms with E-state index in [1.54, 1.807) is 6.20 Å². The summed E-state index contributed by atoms with van der Waals surface area (Å²) >= 11 is 0. The van der Waals surface area contributed by atoms with Crippen molar-refractivity contribution in [3.63, 3.8) is 0 Å². The second-order valence-corrected chi connectivity index (χ2v) is 10.9. The Bertz CT molecular complexity index is 2180. The van der Waals surface area contributed by atoms with Gasteiger partial charge in [0.2, 0.25) is 0 Å². The van der Waals surface area contributed by atoms with Crippen molar-refractivity contribution in [3.05, 3.63) is 170 Å². The normalized spacial score (nSPS) is 11.2. The van der Waals surface area contributed by atoms with Gasteiger partial charge < -0.3 is 9.32 Å². The number of furan rings is 1.